The normalized spacial score (nSPS) is 14.8. The number of carbonyl (C=O) groups is 1. The number of hydrogen-bond donors (Lipinski definition) is 1. The molecule has 0 saturated heterocycles. The molecule has 1 aliphatic heterocycles. The fraction of sp³-hybridized carbons (Fsp3) is 0.370. The van der Waals surface area contributed by atoms with Crippen molar-refractivity contribution < 1.29 is 14.3 Å². The van der Waals surface area contributed by atoms with Gasteiger partial charge in [-0.1, -0.05) is 67.9 Å². The molecule has 0 spiro atoms. The Morgan fingerprint density at radius 3 is 2.72 bits per heavy atom. The molecular formula is C27H31ClN4O3S. The van der Waals surface area contributed by atoms with Crippen LogP contribution >= 0.6 is 23.4 Å². The van der Waals surface area contributed by atoms with E-state index in [0.717, 1.165) is 36.1 Å². The molecule has 0 saturated carbocycles. The summed E-state index contributed by atoms with van der Waals surface area (Å²) < 4.78 is 13.4. The van der Waals surface area contributed by atoms with E-state index in [-0.39, 0.29) is 5.97 Å². The lowest BCUT2D eigenvalue weighted by atomic mass is 9.95. The number of hydrogen-bond acceptors (Lipinski definition) is 7. The topological polar surface area (TPSA) is 78.3 Å². The number of unbranched alkanes of at least 4 members (excludes halogenated alkanes) is 1. The highest BCUT2D eigenvalue weighted by atomic mass is 35.5. The molecule has 190 valence electrons. The number of esters is 1. The third-order valence-corrected chi connectivity index (χ3v) is 6.89. The largest absolute Gasteiger partial charge is 0.489 e. The Morgan fingerprint density at radius 1 is 1.17 bits per heavy atom. The smallest absolute Gasteiger partial charge is 0.338 e. The molecule has 3 aromatic rings. The lowest BCUT2D eigenvalue weighted by molar-refractivity contribution is -0.139. The van der Waals surface area contributed by atoms with Gasteiger partial charge in [-0.15, -0.1) is 5.10 Å². The number of anilines is 1. The summed E-state index contributed by atoms with van der Waals surface area (Å²) in [4.78, 5) is 17.9. The molecule has 0 amide bonds. The van der Waals surface area contributed by atoms with E-state index < -0.39 is 6.04 Å². The predicted molar refractivity (Wildman–Crippen MR) is 144 cm³/mol. The van der Waals surface area contributed by atoms with Crippen molar-refractivity contribution in [2.45, 2.75) is 57.8 Å². The van der Waals surface area contributed by atoms with Crippen LogP contribution in [-0.4, -0.2) is 33.1 Å². The molecule has 4 rings (SSSR count). The van der Waals surface area contributed by atoms with Gasteiger partial charge in [0.25, 0.3) is 0 Å². The number of ether oxygens (including phenoxy) is 2. The first-order valence-electron chi connectivity index (χ1n) is 12.2. The highest BCUT2D eigenvalue weighted by Gasteiger charge is 2.35. The Kier molecular flexibility index (Phi) is 8.93. The molecule has 0 radical (unpaired) electrons. The van der Waals surface area contributed by atoms with Gasteiger partial charge in [0, 0.05) is 16.5 Å². The Balaban J connectivity index is 1.65. The van der Waals surface area contributed by atoms with Crippen LogP contribution in [-0.2, 0) is 16.1 Å². The monoisotopic (exact) mass is 526 g/mol. The fourth-order valence-electron chi connectivity index (χ4n) is 3.87. The van der Waals surface area contributed by atoms with E-state index in [9.17, 15) is 4.79 Å². The number of benzene rings is 2. The molecule has 36 heavy (non-hydrogen) atoms. The van der Waals surface area contributed by atoms with Crippen molar-refractivity contribution in [1.82, 2.24) is 14.8 Å². The summed E-state index contributed by atoms with van der Waals surface area (Å²) >= 11 is 7.61. The maximum absolute atomic E-state index is 13.2. The van der Waals surface area contributed by atoms with Crippen LogP contribution in [0.15, 0.2) is 65.0 Å². The zero-order chi connectivity index (χ0) is 25.5. The first kappa shape index (κ1) is 26.1. The van der Waals surface area contributed by atoms with Crippen LogP contribution in [0.3, 0.4) is 0 Å². The molecule has 2 heterocycles. The number of nitrogens with one attached hydrogen (secondary N) is 1. The van der Waals surface area contributed by atoms with Crippen LogP contribution in [0, 0.1) is 0 Å². The molecule has 1 aromatic heterocycles. The van der Waals surface area contributed by atoms with Gasteiger partial charge in [-0.05, 0) is 55.2 Å². The number of nitrogens with zero attached hydrogens (tertiary/aromatic N) is 3. The molecule has 0 aliphatic carbocycles. The van der Waals surface area contributed by atoms with Gasteiger partial charge in [-0.3, -0.25) is 0 Å². The highest BCUT2D eigenvalue weighted by molar-refractivity contribution is 7.99. The average molecular weight is 527 g/mol. The second kappa shape index (κ2) is 12.3. The van der Waals surface area contributed by atoms with Crippen molar-refractivity contribution in [3.63, 3.8) is 0 Å². The minimum atomic E-state index is -0.488. The Hall–Kier alpha value is -2.97. The zero-order valence-electron chi connectivity index (χ0n) is 20.8. The number of fused-ring (bicyclic) bond motifs is 1. The van der Waals surface area contributed by atoms with E-state index >= 15 is 0 Å². The van der Waals surface area contributed by atoms with Gasteiger partial charge < -0.3 is 14.8 Å². The maximum Gasteiger partial charge on any atom is 0.338 e. The summed E-state index contributed by atoms with van der Waals surface area (Å²) in [5, 5.41) is 9.40. The van der Waals surface area contributed by atoms with Gasteiger partial charge in [0.05, 0.1) is 12.2 Å². The number of halogens is 1. The quantitative estimate of drug-likeness (QED) is 0.170. The number of carbonyl (C=O) groups excluding carboxylic acids is 1. The Bertz CT molecular complexity index is 1230. The Labute approximate surface area is 221 Å². The predicted octanol–water partition coefficient (Wildman–Crippen LogP) is 6.64. The van der Waals surface area contributed by atoms with Gasteiger partial charge in [-0.2, -0.15) is 4.98 Å². The van der Waals surface area contributed by atoms with Crippen molar-refractivity contribution in [3.05, 3.63) is 76.0 Å². The van der Waals surface area contributed by atoms with E-state index in [0.29, 0.717) is 46.4 Å². The lowest BCUT2D eigenvalue weighted by Crippen LogP contribution is -2.29. The van der Waals surface area contributed by atoms with Gasteiger partial charge in [0.2, 0.25) is 11.1 Å². The summed E-state index contributed by atoms with van der Waals surface area (Å²) in [5.41, 5.74) is 3.10. The number of thioether (sulfide) groups is 1. The van der Waals surface area contributed by atoms with Crippen molar-refractivity contribution in [2.75, 3.05) is 17.7 Å². The second-order valence-electron chi connectivity index (χ2n) is 8.55. The molecule has 1 atom stereocenters. The molecule has 0 bridgehead atoms. The third kappa shape index (κ3) is 6.23. The van der Waals surface area contributed by atoms with E-state index in [1.54, 1.807) is 16.4 Å². The Morgan fingerprint density at radius 2 is 1.97 bits per heavy atom. The highest BCUT2D eigenvalue weighted by Crippen LogP contribution is 2.38. The molecule has 1 unspecified atom stereocenters. The summed E-state index contributed by atoms with van der Waals surface area (Å²) in [7, 11) is 0. The third-order valence-electron chi connectivity index (χ3n) is 5.71. The van der Waals surface area contributed by atoms with Crippen LogP contribution in [0.4, 0.5) is 5.95 Å². The lowest BCUT2D eigenvalue weighted by Gasteiger charge is -2.28. The average Bonchev–Trinajstić information content (AvgIpc) is 3.28. The van der Waals surface area contributed by atoms with Crippen molar-refractivity contribution in [1.29, 1.82) is 0 Å². The van der Waals surface area contributed by atoms with Crippen molar-refractivity contribution >= 4 is 35.3 Å². The molecule has 9 heteroatoms. The molecule has 1 aliphatic rings. The number of aromatic nitrogens is 3. The van der Waals surface area contributed by atoms with Crippen LogP contribution in [0.5, 0.6) is 5.75 Å². The summed E-state index contributed by atoms with van der Waals surface area (Å²) in [5.74, 6) is 1.88. The summed E-state index contributed by atoms with van der Waals surface area (Å²) in [6.45, 7) is 6.77. The standard InChI is InChI=1S/C27H31ClN4O3S/c1-4-6-15-36-27-30-26-29-18(3)23(25(33)34-14-5-2)24(32(26)31-27)20-8-7-9-22(16-20)35-17-19-10-12-21(28)13-11-19/h7-13,16,24H,4-6,14-15,17H2,1-3H3,(H,29,30,31). The molecule has 2 aromatic carbocycles. The SMILES string of the molecule is CCCCSc1nc2n(n1)C(c1cccc(OCc3ccc(Cl)cc3)c1)C(C(=O)OCCC)=C(C)N2. The number of allylic oxidation sites excluding steroid dienone is 1. The van der Waals surface area contributed by atoms with Crippen LogP contribution < -0.4 is 10.1 Å². The van der Waals surface area contributed by atoms with Crippen LogP contribution in [0.25, 0.3) is 0 Å². The first-order chi connectivity index (χ1) is 17.5. The van der Waals surface area contributed by atoms with E-state index in [4.69, 9.17) is 26.2 Å². The van der Waals surface area contributed by atoms with Gasteiger partial charge in [0.1, 0.15) is 18.4 Å². The van der Waals surface area contributed by atoms with Crippen molar-refractivity contribution in [2.24, 2.45) is 0 Å². The molecule has 0 fully saturated rings. The summed E-state index contributed by atoms with van der Waals surface area (Å²) in [6.07, 6.45) is 2.94. The minimum Gasteiger partial charge on any atom is -0.489 e. The molecular weight excluding hydrogens is 496 g/mol. The van der Waals surface area contributed by atoms with Crippen LogP contribution in [0.2, 0.25) is 5.02 Å². The summed E-state index contributed by atoms with van der Waals surface area (Å²) in [6, 6.07) is 14.8. The molecule has 1 N–H and O–H groups in total. The first-order valence-corrected chi connectivity index (χ1v) is 13.6. The second-order valence-corrected chi connectivity index (χ2v) is 10.1. The molecule has 7 nitrogen and oxygen atoms in total. The zero-order valence-corrected chi connectivity index (χ0v) is 22.4. The van der Waals surface area contributed by atoms with Gasteiger partial charge in [-0.25, -0.2) is 9.48 Å². The van der Waals surface area contributed by atoms with E-state index in [1.165, 1.54) is 0 Å². The van der Waals surface area contributed by atoms with E-state index in [1.807, 2.05) is 62.4 Å². The fourth-order valence-corrected chi connectivity index (χ4v) is 4.91. The maximum atomic E-state index is 13.2. The van der Waals surface area contributed by atoms with Crippen LogP contribution in [0.1, 0.15) is 57.2 Å². The number of rotatable bonds is 11. The minimum absolute atomic E-state index is 0.356. The van der Waals surface area contributed by atoms with Gasteiger partial charge >= 0.3 is 5.97 Å². The van der Waals surface area contributed by atoms with E-state index in [2.05, 4.69) is 17.2 Å². The van der Waals surface area contributed by atoms with Crippen molar-refractivity contribution in [3.8, 4) is 5.75 Å². The van der Waals surface area contributed by atoms with Gasteiger partial charge in [0.15, 0.2) is 0 Å².